The van der Waals surface area contributed by atoms with Crippen LogP contribution in [0.25, 0.3) is 0 Å². The predicted octanol–water partition coefficient (Wildman–Crippen LogP) is 3.80. The first-order chi connectivity index (χ1) is 9.10. The monoisotopic (exact) mass is 342 g/mol. The van der Waals surface area contributed by atoms with Crippen LogP contribution in [0.3, 0.4) is 0 Å². The molecule has 0 aliphatic rings. The Morgan fingerprint density at radius 2 is 2.21 bits per heavy atom. The third kappa shape index (κ3) is 3.48. The van der Waals surface area contributed by atoms with Crippen molar-refractivity contribution in [3.05, 3.63) is 44.6 Å². The molecule has 0 atom stereocenters. The van der Waals surface area contributed by atoms with Gasteiger partial charge in [0, 0.05) is 14.7 Å². The van der Waals surface area contributed by atoms with Crippen molar-refractivity contribution in [1.82, 2.24) is 0 Å². The number of rotatable bonds is 5. The maximum Gasteiger partial charge on any atom is 0.339 e. The van der Waals surface area contributed by atoms with Crippen molar-refractivity contribution in [2.45, 2.75) is 6.61 Å². The summed E-state index contributed by atoms with van der Waals surface area (Å²) in [7, 11) is 1.49. The molecular formula is C13H11BrO4S. The molecule has 2 rings (SSSR count). The van der Waals surface area contributed by atoms with Gasteiger partial charge in [-0.05, 0) is 40.2 Å². The molecule has 100 valence electrons. The quantitative estimate of drug-likeness (QED) is 0.897. The van der Waals surface area contributed by atoms with E-state index in [1.165, 1.54) is 13.2 Å². The summed E-state index contributed by atoms with van der Waals surface area (Å²) in [6.45, 7) is 0.336. The highest BCUT2D eigenvalue weighted by atomic mass is 79.9. The molecule has 0 aliphatic heterocycles. The number of thiophene rings is 1. The Morgan fingerprint density at radius 1 is 1.42 bits per heavy atom. The fourth-order valence-corrected chi connectivity index (χ4v) is 2.87. The molecule has 0 unspecified atom stereocenters. The number of carboxylic acid groups (broad SMARTS) is 1. The van der Waals surface area contributed by atoms with Crippen LogP contribution < -0.4 is 9.47 Å². The molecule has 1 heterocycles. The molecule has 0 saturated heterocycles. The lowest BCUT2D eigenvalue weighted by atomic mass is 10.2. The average molecular weight is 343 g/mol. The number of carbonyl (C=O) groups is 1. The Kier molecular flexibility index (Phi) is 4.44. The molecular weight excluding hydrogens is 332 g/mol. The smallest absolute Gasteiger partial charge is 0.339 e. The van der Waals surface area contributed by atoms with Crippen molar-refractivity contribution in [2.75, 3.05) is 7.11 Å². The van der Waals surface area contributed by atoms with Crippen LogP contribution >= 0.6 is 27.3 Å². The van der Waals surface area contributed by atoms with Gasteiger partial charge in [-0.1, -0.05) is 0 Å². The van der Waals surface area contributed by atoms with Crippen molar-refractivity contribution in [3.63, 3.8) is 0 Å². The molecule has 1 aromatic carbocycles. The van der Waals surface area contributed by atoms with Gasteiger partial charge >= 0.3 is 5.97 Å². The number of ether oxygens (including phenoxy) is 2. The van der Waals surface area contributed by atoms with Crippen LogP contribution in [0.5, 0.6) is 11.5 Å². The van der Waals surface area contributed by atoms with Gasteiger partial charge in [-0.25, -0.2) is 4.79 Å². The Balaban J connectivity index is 2.17. The first-order valence-corrected chi connectivity index (χ1v) is 7.04. The zero-order valence-electron chi connectivity index (χ0n) is 10.1. The molecule has 0 radical (unpaired) electrons. The van der Waals surface area contributed by atoms with Crippen LogP contribution in [-0.4, -0.2) is 18.2 Å². The van der Waals surface area contributed by atoms with E-state index in [0.717, 1.165) is 9.35 Å². The summed E-state index contributed by atoms with van der Waals surface area (Å²) in [5, 5.41) is 11.1. The Hall–Kier alpha value is -1.53. The SMILES string of the molecule is COc1ccc(OCc2cc(Br)cs2)c(C(=O)O)c1. The number of methoxy groups -OCH3 is 1. The Morgan fingerprint density at radius 3 is 2.79 bits per heavy atom. The molecule has 2 aromatic rings. The maximum atomic E-state index is 11.2. The first kappa shape index (κ1) is 13.9. The summed E-state index contributed by atoms with van der Waals surface area (Å²) in [6.07, 6.45) is 0. The maximum absolute atomic E-state index is 11.2. The average Bonchev–Trinajstić information content (AvgIpc) is 2.82. The van der Waals surface area contributed by atoms with E-state index < -0.39 is 5.97 Å². The van der Waals surface area contributed by atoms with Crippen molar-refractivity contribution in [3.8, 4) is 11.5 Å². The Labute approximate surface area is 122 Å². The van der Waals surface area contributed by atoms with Gasteiger partial charge in [0.1, 0.15) is 23.7 Å². The van der Waals surface area contributed by atoms with Gasteiger partial charge in [0.05, 0.1) is 7.11 Å². The molecule has 1 N–H and O–H groups in total. The summed E-state index contributed by atoms with van der Waals surface area (Å²) >= 11 is 4.91. The van der Waals surface area contributed by atoms with E-state index in [4.69, 9.17) is 14.6 Å². The second-order valence-corrected chi connectivity index (χ2v) is 5.60. The van der Waals surface area contributed by atoms with Gasteiger partial charge in [-0.15, -0.1) is 11.3 Å². The summed E-state index contributed by atoms with van der Waals surface area (Å²) in [5.41, 5.74) is 0.0926. The highest BCUT2D eigenvalue weighted by molar-refractivity contribution is 9.10. The van der Waals surface area contributed by atoms with Gasteiger partial charge in [0.15, 0.2) is 0 Å². The lowest BCUT2D eigenvalue weighted by Gasteiger charge is -2.09. The molecule has 0 saturated carbocycles. The largest absolute Gasteiger partial charge is 0.497 e. The van der Waals surface area contributed by atoms with E-state index in [1.54, 1.807) is 23.5 Å². The van der Waals surface area contributed by atoms with Gasteiger partial charge in [-0.3, -0.25) is 0 Å². The van der Waals surface area contributed by atoms with Crippen molar-refractivity contribution >= 4 is 33.2 Å². The lowest BCUT2D eigenvalue weighted by Crippen LogP contribution is -2.03. The molecule has 0 aliphatic carbocycles. The number of aromatic carboxylic acids is 1. The van der Waals surface area contributed by atoms with Crippen molar-refractivity contribution < 1.29 is 19.4 Å². The number of hydrogen-bond donors (Lipinski definition) is 1. The molecule has 1 aromatic heterocycles. The van der Waals surface area contributed by atoms with Gasteiger partial charge in [0.25, 0.3) is 0 Å². The van der Waals surface area contributed by atoms with Crippen LogP contribution in [0, 0.1) is 0 Å². The van der Waals surface area contributed by atoms with Crippen LogP contribution in [0.1, 0.15) is 15.2 Å². The highest BCUT2D eigenvalue weighted by Crippen LogP contribution is 2.26. The van der Waals surface area contributed by atoms with Crippen LogP contribution in [-0.2, 0) is 6.61 Å². The molecule has 4 nitrogen and oxygen atoms in total. The lowest BCUT2D eigenvalue weighted by molar-refractivity contribution is 0.0691. The van der Waals surface area contributed by atoms with E-state index in [-0.39, 0.29) is 5.56 Å². The minimum absolute atomic E-state index is 0.0926. The standard InChI is InChI=1S/C13H11BrO4S/c1-17-9-2-3-12(11(5-9)13(15)16)18-6-10-4-8(14)7-19-10/h2-5,7H,6H2,1H3,(H,15,16). The fourth-order valence-electron chi connectivity index (χ4n) is 1.51. The van der Waals surface area contributed by atoms with Crippen LogP contribution in [0.2, 0.25) is 0 Å². The summed E-state index contributed by atoms with van der Waals surface area (Å²) in [6, 6.07) is 6.66. The zero-order chi connectivity index (χ0) is 13.8. The summed E-state index contributed by atoms with van der Waals surface area (Å²) in [5.74, 6) is -0.220. The number of benzene rings is 1. The third-order valence-corrected chi connectivity index (χ3v) is 4.08. The molecule has 6 heteroatoms. The van der Waals surface area contributed by atoms with E-state index in [2.05, 4.69) is 15.9 Å². The normalized spacial score (nSPS) is 10.2. The predicted molar refractivity (Wildman–Crippen MR) is 76.3 cm³/mol. The second kappa shape index (κ2) is 6.08. The fraction of sp³-hybridized carbons (Fsp3) is 0.154. The minimum Gasteiger partial charge on any atom is -0.497 e. The molecule has 19 heavy (non-hydrogen) atoms. The number of halogens is 1. The second-order valence-electron chi connectivity index (χ2n) is 3.69. The number of hydrogen-bond acceptors (Lipinski definition) is 4. The molecule has 0 bridgehead atoms. The minimum atomic E-state index is -1.04. The van der Waals surface area contributed by atoms with Gasteiger partial charge < -0.3 is 14.6 Å². The van der Waals surface area contributed by atoms with Gasteiger partial charge in [0.2, 0.25) is 0 Å². The van der Waals surface area contributed by atoms with Crippen LogP contribution in [0.15, 0.2) is 34.1 Å². The van der Waals surface area contributed by atoms with E-state index >= 15 is 0 Å². The number of carboxylic acids is 1. The third-order valence-electron chi connectivity index (χ3n) is 2.41. The molecule has 0 fully saturated rings. The van der Waals surface area contributed by atoms with E-state index in [0.29, 0.717) is 18.1 Å². The summed E-state index contributed by atoms with van der Waals surface area (Å²) < 4.78 is 11.5. The van der Waals surface area contributed by atoms with Crippen LogP contribution in [0.4, 0.5) is 0 Å². The zero-order valence-corrected chi connectivity index (χ0v) is 12.5. The first-order valence-electron chi connectivity index (χ1n) is 5.37. The van der Waals surface area contributed by atoms with Crippen molar-refractivity contribution in [2.24, 2.45) is 0 Å². The molecule has 0 spiro atoms. The summed E-state index contributed by atoms with van der Waals surface area (Å²) in [4.78, 5) is 12.2. The molecule has 0 amide bonds. The van der Waals surface area contributed by atoms with E-state index in [9.17, 15) is 4.79 Å². The Bertz CT molecular complexity index is 594. The van der Waals surface area contributed by atoms with Crippen molar-refractivity contribution in [1.29, 1.82) is 0 Å². The highest BCUT2D eigenvalue weighted by Gasteiger charge is 2.13. The topological polar surface area (TPSA) is 55.8 Å². The van der Waals surface area contributed by atoms with E-state index in [1.807, 2.05) is 11.4 Å². The van der Waals surface area contributed by atoms with Gasteiger partial charge in [-0.2, -0.15) is 0 Å².